The van der Waals surface area contributed by atoms with E-state index in [9.17, 15) is 9.90 Å². The molecule has 124 valence electrons. The van der Waals surface area contributed by atoms with Crippen LogP contribution in [-0.2, 0) is 6.42 Å². The summed E-state index contributed by atoms with van der Waals surface area (Å²) in [6, 6.07) is 14.3. The number of nitrogens with zero attached hydrogens (tertiary/aromatic N) is 1. The van der Waals surface area contributed by atoms with Crippen molar-refractivity contribution in [3.8, 4) is 11.5 Å². The fraction of sp³-hybridized carbons (Fsp3) is 0.100. The molecule has 2 aromatic heterocycles. The first kappa shape index (κ1) is 15.7. The van der Waals surface area contributed by atoms with Crippen molar-refractivity contribution >= 4 is 39.4 Å². The van der Waals surface area contributed by atoms with Crippen LogP contribution in [0.5, 0.6) is 0 Å². The first-order valence-corrected chi connectivity index (χ1v) is 8.30. The summed E-state index contributed by atoms with van der Waals surface area (Å²) in [6.45, 7) is 2.02. The molecule has 5 heteroatoms. The predicted octanol–water partition coefficient (Wildman–Crippen LogP) is 5.56. The lowest BCUT2D eigenvalue weighted by atomic mass is 10.0. The van der Waals surface area contributed by atoms with E-state index >= 15 is 0 Å². The molecule has 4 rings (SSSR count). The van der Waals surface area contributed by atoms with Gasteiger partial charge in [-0.05, 0) is 42.3 Å². The van der Waals surface area contributed by atoms with E-state index in [-0.39, 0.29) is 5.56 Å². The largest absolute Gasteiger partial charge is 0.478 e. The molecule has 0 aliphatic carbocycles. The maximum atomic E-state index is 11.7. The number of hydrogen-bond donors (Lipinski definition) is 1. The highest BCUT2D eigenvalue weighted by Gasteiger charge is 2.17. The number of fused-ring (bicyclic) bond motifs is 2. The third kappa shape index (κ3) is 2.65. The van der Waals surface area contributed by atoms with Gasteiger partial charge in [0.15, 0.2) is 5.76 Å². The zero-order chi connectivity index (χ0) is 17.6. The monoisotopic (exact) mass is 351 g/mol. The summed E-state index contributed by atoms with van der Waals surface area (Å²) < 4.78 is 5.85. The minimum absolute atomic E-state index is 0.216. The summed E-state index contributed by atoms with van der Waals surface area (Å²) in [7, 11) is 0. The number of aryl methyl sites for hydroxylation is 1. The topological polar surface area (TPSA) is 63.3 Å². The predicted molar refractivity (Wildman–Crippen MR) is 98.3 cm³/mol. The van der Waals surface area contributed by atoms with Crippen molar-refractivity contribution in [3.63, 3.8) is 0 Å². The maximum absolute atomic E-state index is 11.7. The Balaban J connectivity index is 2.01. The van der Waals surface area contributed by atoms with Crippen molar-refractivity contribution in [1.82, 2.24) is 4.98 Å². The highest BCUT2D eigenvalue weighted by atomic mass is 35.5. The molecule has 0 fully saturated rings. The van der Waals surface area contributed by atoms with Crippen molar-refractivity contribution in [2.45, 2.75) is 13.3 Å². The second kappa shape index (κ2) is 5.90. The number of aromatic carboxylic acids is 1. The van der Waals surface area contributed by atoms with Crippen LogP contribution in [0.25, 0.3) is 33.3 Å². The number of carbonyl (C=O) groups is 1. The molecule has 1 N–H and O–H groups in total. The Hall–Kier alpha value is -2.85. The third-order valence-corrected chi connectivity index (χ3v) is 4.50. The molecular weight excluding hydrogens is 338 g/mol. The molecule has 0 atom stereocenters. The first-order chi connectivity index (χ1) is 12.1. The Morgan fingerprint density at radius 3 is 2.80 bits per heavy atom. The summed E-state index contributed by atoms with van der Waals surface area (Å²) >= 11 is 6.02. The molecule has 2 heterocycles. The molecule has 25 heavy (non-hydrogen) atoms. The second-order valence-corrected chi connectivity index (χ2v) is 6.26. The fourth-order valence-corrected chi connectivity index (χ4v) is 3.22. The standard InChI is InChI=1S/C20H14ClNO3/c1-2-11-4-3-5-14-15(20(23)24)10-16(22-19(11)14)18-9-12-8-13(21)6-7-17(12)25-18/h3-10H,2H2,1H3,(H,23,24). The van der Waals surface area contributed by atoms with Gasteiger partial charge in [0.1, 0.15) is 11.3 Å². The van der Waals surface area contributed by atoms with Crippen LogP contribution in [0.4, 0.5) is 0 Å². The highest BCUT2D eigenvalue weighted by Crippen LogP contribution is 2.32. The number of furan rings is 1. The minimum atomic E-state index is -0.985. The van der Waals surface area contributed by atoms with E-state index in [1.165, 1.54) is 0 Å². The van der Waals surface area contributed by atoms with Gasteiger partial charge in [0.2, 0.25) is 0 Å². The Labute approximate surface area is 148 Å². The normalized spacial score (nSPS) is 11.3. The molecule has 0 unspecified atom stereocenters. The number of pyridine rings is 1. The Bertz CT molecular complexity index is 1130. The van der Waals surface area contributed by atoms with Gasteiger partial charge < -0.3 is 9.52 Å². The number of aromatic nitrogens is 1. The molecule has 0 aliphatic rings. The van der Waals surface area contributed by atoms with Crippen LogP contribution in [-0.4, -0.2) is 16.1 Å². The molecular formula is C20H14ClNO3. The molecule has 0 saturated carbocycles. The van der Waals surface area contributed by atoms with Gasteiger partial charge in [0, 0.05) is 15.8 Å². The van der Waals surface area contributed by atoms with Crippen LogP contribution in [0.3, 0.4) is 0 Å². The fourth-order valence-electron chi connectivity index (χ4n) is 3.04. The Morgan fingerprint density at radius 1 is 1.20 bits per heavy atom. The van der Waals surface area contributed by atoms with E-state index in [1.54, 1.807) is 30.3 Å². The van der Waals surface area contributed by atoms with Gasteiger partial charge in [-0.1, -0.05) is 36.7 Å². The minimum Gasteiger partial charge on any atom is -0.478 e. The average Bonchev–Trinajstić information content (AvgIpc) is 3.03. The zero-order valence-corrected chi connectivity index (χ0v) is 14.2. The van der Waals surface area contributed by atoms with Crippen molar-refractivity contribution in [2.24, 2.45) is 0 Å². The Morgan fingerprint density at radius 2 is 2.04 bits per heavy atom. The van der Waals surface area contributed by atoms with Gasteiger partial charge in [-0.25, -0.2) is 9.78 Å². The Kier molecular flexibility index (Phi) is 3.70. The summed E-state index contributed by atoms with van der Waals surface area (Å²) in [5.74, 6) is -0.464. The van der Waals surface area contributed by atoms with Crippen LogP contribution in [0.2, 0.25) is 5.02 Å². The van der Waals surface area contributed by atoms with Gasteiger partial charge >= 0.3 is 5.97 Å². The molecule has 0 amide bonds. The van der Waals surface area contributed by atoms with Crippen molar-refractivity contribution < 1.29 is 14.3 Å². The van der Waals surface area contributed by atoms with Crippen molar-refractivity contribution in [2.75, 3.05) is 0 Å². The van der Waals surface area contributed by atoms with E-state index in [2.05, 4.69) is 4.98 Å². The maximum Gasteiger partial charge on any atom is 0.336 e. The van der Waals surface area contributed by atoms with E-state index in [0.29, 0.717) is 33.0 Å². The van der Waals surface area contributed by atoms with Gasteiger partial charge in [-0.3, -0.25) is 0 Å². The van der Waals surface area contributed by atoms with Crippen LogP contribution in [0.1, 0.15) is 22.8 Å². The van der Waals surface area contributed by atoms with E-state index in [0.717, 1.165) is 17.4 Å². The number of carboxylic acids is 1. The van der Waals surface area contributed by atoms with Gasteiger partial charge in [0.25, 0.3) is 0 Å². The summed E-state index contributed by atoms with van der Waals surface area (Å²) in [6.07, 6.45) is 0.766. The first-order valence-electron chi connectivity index (χ1n) is 7.92. The van der Waals surface area contributed by atoms with Crippen LogP contribution in [0.15, 0.2) is 52.9 Å². The lowest BCUT2D eigenvalue weighted by Gasteiger charge is -2.08. The van der Waals surface area contributed by atoms with Gasteiger partial charge in [-0.2, -0.15) is 0 Å². The summed E-state index contributed by atoms with van der Waals surface area (Å²) in [5.41, 5.74) is 3.09. The molecule has 4 nitrogen and oxygen atoms in total. The van der Waals surface area contributed by atoms with Gasteiger partial charge in [0.05, 0.1) is 11.1 Å². The molecule has 0 radical (unpaired) electrons. The SMILES string of the molecule is CCc1cccc2c(C(=O)O)cc(-c3cc4cc(Cl)ccc4o3)nc12. The lowest BCUT2D eigenvalue weighted by Crippen LogP contribution is -2.01. The molecule has 2 aromatic carbocycles. The smallest absolute Gasteiger partial charge is 0.336 e. The van der Waals surface area contributed by atoms with E-state index in [4.69, 9.17) is 16.0 Å². The molecule has 0 saturated heterocycles. The molecule has 4 aromatic rings. The number of rotatable bonds is 3. The third-order valence-electron chi connectivity index (χ3n) is 4.27. The van der Waals surface area contributed by atoms with E-state index < -0.39 is 5.97 Å². The molecule has 0 spiro atoms. The van der Waals surface area contributed by atoms with Gasteiger partial charge in [-0.15, -0.1) is 0 Å². The van der Waals surface area contributed by atoms with Crippen LogP contribution in [0, 0.1) is 0 Å². The number of halogens is 1. The molecule has 0 bridgehead atoms. The molecule has 0 aliphatic heterocycles. The van der Waals surface area contributed by atoms with Crippen molar-refractivity contribution in [1.29, 1.82) is 0 Å². The number of para-hydroxylation sites is 1. The number of carboxylic acid groups (broad SMARTS) is 1. The zero-order valence-electron chi connectivity index (χ0n) is 13.4. The lowest BCUT2D eigenvalue weighted by molar-refractivity contribution is 0.0699. The summed E-state index contributed by atoms with van der Waals surface area (Å²) in [5, 5.41) is 11.7. The summed E-state index contributed by atoms with van der Waals surface area (Å²) in [4.78, 5) is 16.4. The number of hydrogen-bond acceptors (Lipinski definition) is 3. The van der Waals surface area contributed by atoms with Crippen LogP contribution >= 0.6 is 11.6 Å². The number of benzene rings is 2. The quantitative estimate of drug-likeness (QED) is 0.524. The van der Waals surface area contributed by atoms with E-state index in [1.807, 2.05) is 25.1 Å². The highest BCUT2D eigenvalue weighted by molar-refractivity contribution is 6.31. The second-order valence-electron chi connectivity index (χ2n) is 5.82. The van der Waals surface area contributed by atoms with Crippen molar-refractivity contribution in [3.05, 3.63) is 64.7 Å². The van der Waals surface area contributed by atoms with Crippen LogP contribution < -0.4 is 0 Å². The average molecular weight is 352 g/mol.